The van der Waals surface area contributed by atoms with Crippen LogP contribution in [-0.2, 0) is 14.6 Å². The lowest BCUT2D eigenvalue weighted by Gasteiger charge is -2.06. The average molecular weight is 305 g/mol. The van der Waals surface area contributed by atoms with E-state index in [0.29, 0.717) is 23.7 Å². The van der Waals surface area contributed by atoms with E-state index in [1.54, 1.807) is 24.3 Å². The van der Waals surface area contributed by atoms with Crippen molar-refractivity contribution in [1.82, 2.24) is 5.32 Å². The zero-order chi connectivity index (χ0) is 14.3. The van der Waals surface area contributed by atoms with Crippen LogP contribution in [0.4, 0.5) is 5.69 Å². The molecule has 0 aliphatic rings. The van der Waals surface area contributed by atoms with Crippen LogP contribution < -0.4 is 10.6 Å². The lowest BCUT2D eigenvalue weighted by molar-refractivity contribution is -0.115. The fourth-order valence-electron chi connectivity index (χ4n) is 1.43. The molecule has 106 valence electrons. The van der Waals surface area contributed by atoms with Gasteiger partial charge in [0.05, 0.1) is 12.3 Å². The topological polar surface area (TPSA) is 75.3 Å². The molecular formula is C12H17ClN2O3S. The Bertz CT molecular complexity index is 532. The van der Waals surface area contributed by atoms with Gasteiger partial charge in [-0.05, 0) is 31.2 Å². The third-order valence-electron chi connectivity index (χ3n) is 2.26. The molecule has 2 N–H and O–H groups in total. The molecule has 1 rings (SSSR count). The zero-order valence-electron chi connectivity index (χ0n) is 10.6. The quantitative estimate of drug-likeness (QED) is 0.745. The van der Waals surface area contributed by atoms with Crippen LogP contribution in [0, 0.1) is 0 Å². The van der Waals surface area contributed by atoms with E-state index in [9.17, 15) is 13.2 Å². The summed E-state index contributed by atoms with van der Waals surface area (Å²) in [7, 11) is -2.93. The summed E-state index contributed by atoms with van der Waals surface area (Å²) in [5, 5.41) is 6.12. The van der Waals surface area contributed by atoms with E-state index >= 15 is 0 Å². The first-order valence-corrected chi connectivity index (χ1v) is 8.24. The summed E-state index contributed by atoms with van der Waals surface area (Å²) in [5.41, 5.74) is 0.635. The van der Waals surface area contributed by atoms with E-state index in [1.165, 1.54) is 6.26 Å². The van der Waals surface area contributed by atoms with Gasteiger partial charge >= 0.3 is 0 Å². The Labute approximate surface area is 118 Å². The maximum Gasteiger partial charge on any atom is 0.238 e. The first-order valence-electron chi connectivity index (χ1n) is 5.81. The van der Waals surface area contributed by atoms with E-state index in [-0.39, 0.29) is 18.2 Å². The molecule has 0 atom stereocenters. The highest BCUT2D eigenvalue weighted by molar-refractivity contribution is 7.90. The molecule has 0 unspecified atom stereocenters. The van der Waals surface area contributed by atoms with Gasteiger partial charge in [-0.3, -0.25) is 4.79 Å². The highest BCUT2D eigenvalue weighted by atomic mass is 35.5. The molecule has 5 nitrogen and oxygen atoms in total. The van der Waals surface area contributed by atoms with E-state index < -0.39 is 9.84 Å². The third kappa shape index (κ3) is 7.81. The summed E-state index contributed by atoms with van der Waals surface area (Å²) >= 11 is 5.79. The Morgan fingerprint density at radius 3 is 2.74 bits per heavy atom. The predicted molar refractivity (Wildman–Crippen MR) is 77.3 cm³/mol. The first-order chi connectivity index (χ1) is 8.87. The van der Waals surface area contributed by atoms with Crippen LogP contribution in [0.3, 0.4) is 0 Å². The number of halogens is 1. The average Bonchev–Trinajstić information content (AvgIpc) is 2.26. The Morgan fingerprint density at radius 1 is 1.37 bits per heavy atom. The van der Waals surface area contributed by atoms with Crippen molar-refractivity contribution in [3.63, 3.8) is 0 Å². The van der Waals surface area contributed by atoms with E-state index in [4.69, 9.17) is 11.6 Å². The standard InChI is InChI=1S/C12H17ClN2O3S/c1-19(17,18)7-3-6-14-9-12(16)15-11-5-2-4-10(13)8-11/h2,4-5,8,14H,3,6-7,9H2,1H3,(H,15,16). The van der Waals surface area contributed by atoms with Gasteiger partial charge in [0.15, 0.2) is 0 Å². The lowest BCUT2D eigenvalue weighted by Crippen LogP contribution is -2.29. The summed E-state index contributed by atoms with van der Waals surface area (Å²) in [4.78, 5) is 11.5. The molecule has 1 aromatic carbocycles. The van der Waals surface area contributed by atoms with Gasteiger partial charge in [-0.1, -0.05) is 17.7 Å². The third-order valence-corrected chi connectivity index (χ3v) is 3.53. The molecule has 0 radical (unpaired) electrons. The number of hydrogen-bond donors (Lipinski definition) is 2. The van der Waals surface area contributed by atoms with Crippen LogP contribution in [0.25, 0.3) is 0 Å². The molecule has 1 aromatic rings. The number of nitrogens with one attached hydrogen (secondary N) is 2. The molecule has 0 saturated heterocycles. The van der Waals surface area contributed by atoms with Crippen molar-refractivity contribution in [3.05, 3.63) is 29.3 Å². The molecular weight excluding hydrogens is 288 g/mol. The van der Waals surface area contributed by atoms with Crippen molar-refractivity contribution in [2.45, 2.75) is 6.42 Å². The van der Waals surface area contributed by atoms with Gasteiger partial charge in [0.25, 0.3) is 0 Å². The van der Waals surface area contributed by atoms with Crippen LogP contribution in [0.2, 0.25) is 5.02 Å². The fraction of sp³-hybridized carbons (Fsp3) is 0.417. The van der Waals surface area contributed by atoms with Crippen LogP contribution >= 0.6 is 11.6 Å². The van der Waals surface area contributed by atoms with Crippen LogP contribution in [0.5, 0.6) is 0 Å². The lowest BCUT2D eigenvalue weighted by atomic mass is 10.3. The Kier molecular flexibility index (Phi) is 6.27. The normalized spacial score (nSPS) is 11.3. The van der Waals surface area contributed by atoms with E-state index in [2.05, 4.69) is 10.6 Å². The minimum Gasteiger partial charge on any atom is -0.325 e. The first kappa shape index (κ1) is 15.9. The number of carbonyl (C=O) groups excluding carboxylic acids is 1. The van der Waals surface area contributed by atoms with Gasteiger partial charge in [0.2, 0.25) is 5.91 Å². The molecule has 0 aromatic heterocycles. The van der Waals surface area contributed by atoms with Gasteiger partial charge in [0, 0.05) is 17.0 Å². The summed E-state index contributed by atoms with van der Waals surface area (Å²) in [6.07, 6.45) is 1.68. The number of sulfone groups is 1. The summed E-state index contributed by atoms with van der Waals surface area (Å²) < 4.78 is 21.8. The maximum absolute atomic E-state index is 11.5. The van der Waals surface area contributed by atoms with Crippen LogP contribution in [-0.4, -0.2) is 39.4 Å². The minimum absolute atomic E-state index is 0.121. The molecule has 0 spiro atoms. The number of benzene rings is 1. The molecule has 1 amide bonds. The summed E-state index contributed by atoms with van der Waals surface area (Å²) in [6, 6.07) is 6.87. The van der Waals surface area contributed by atoms with Crippen LogP contribution in [0.15, 0.2) is 24.3 Å². The smallest absolute Gasteiger partial charge is 0.238 e. The van der Waals surface area contributed by atoms with Crippen molar-refractivity contribution >= 4 is 33.0 Å². The fourth-order valence-corrected chi connectivity index (χ4v) is 2.29. The van der Waals surface area contributed by atoms with E-state index in [1.807, 2.05) is 0 Å². The molecule has 0 saturated carbocycles. The van der Waals surface area contributed by atoms with Crippen molar-refractivity contribution < 1.29 is 13.2 Å². The SMILES string of the molecule is CS(=O)(=O)CCCNCC(=O)Nc1cccc(Cl)c1. The molecule has 0 bridgehead atoms. The van der Waals surface area contributed by atoms with Crippen molar-refractivity contribution in [2.24, 2.45) is 0 Å². The number of hydrogen-bond acceptors (Lipinski definition) is 4. The monoisotopic (exact) mass is 304 g/mol. The molecule has 0 fully saturated rings. The summed E-state index contributed by atoms with van der Waals surface area (Å²) in [5.74, 6) is -0.0720. The largest absolute Gasteiger partial charge is 0.325 e. The second-order valence-electron chi connectivity index (χ2n) is 4.22. The molecule has 0 aliphatic heterocycles. The number of amides is 1. The highest BCUT2D eigenvalue weighted by Gasteiger charge is 2.04. The predicted octanol–water partition coefficient (Wildman–Crippen LogP) is 1.30. The van der Waals surface area contributed by atoms with Gasteiger partial charge in [-0.15, -0.1) is 0 Å². The highest BCUT2D eigenvalue weighted by Crippen LogP contribution is 2.14. The molecule has 19 heavy (non-hydrogen) atoms. The second-order valence-corrected chi connectivity index (χ2v) is 6.91. The Hall–Kier alpha value is -1.11. The van der Waals surface area contributed by atoms with E-state index in [0.717, 1.165) is 0 Å². The second kappa shape index (κ2) is 7.47. The zero-order valence-corrected chi connectivity index (χ0v) is 12.2. The van der Waals surface area contributed by atoms with Crippen molar-refractivity contribution in [1.29, 1.82) is 0 Å². The van der Waals surface area contributed by atoms with Gasteiger partial charge in [-0.2, -0.15) is 0 Å². The maximum atomic E-state index is 11.5. The molecule has 7 heteroatoms. The number of rotatable bonds is 7. The molecule has 0 heterocycles. The van der Waals surface area contributed by atoms with Gasteiger partial charge < -0.3 is 10.6 Å². The summed E-state index contributed by atoms with van der Waals surface area (Å²) in [6.45, 7) is 0.617. The number of carbonyl (C=O) groups is 1. The molecule has 0 aliphatic carbocycles. The number of anilines is 1. The minimum atomic E-state index is -2.93. The van der Waals surface area contributed by atoms with Gasteiger partial charge in [0.1, 0.15) is 9.84 Å². The van der Waals surface area contributed by atoms with Crippen LogP contribution in [0.1, 0.15) is 6.42 Å². The van der Waals surface area contributed by atoms with Crippen molar-refractivity contribution in [3.8, 4) is 0 Å². The Morgan fingerprint density at radius 2 is 2.11 bits per heavy atom. The van der Waals surface area contributed by atoms with Crippen molar-refractivity contribution in [2.75, 3.05) is 30.4 Å². The van der Waals surface area contributed by atoms with Gasteiger partial charge in [-0.25, -0.2) is 8.42 Å². The Balaban J connectivity index is 2.22.